The molecule has 0 spiro atoms. The van der Waals surface area contributed by atoms with E-state index < -0.39 is 6.36 Å². The van der Waals surface area contributed by atoms with Gasteiger partial charge in [0.25, 0.3) is 5.91 Å². The highest BCUT2D eigenvalue weighted by Crippen LogP contribution is 2.28. The van der Waals surface area contributed by atoms with E-state index >= 15 is 0 Å². The van der Waals surface area contributed by atoms with Crippen molar-refractivity contribution in [3.05, 3.63) is 54.1 Å². The van der Waals surface area contributed by atoms with Crippen LogP contribution in [0, 0.1) is 5.92 Å². The standard InChI is InChI=1S/C25H28F3N5O2/c1-33(2)22-20-5-3-4-6-21(20)31-24(32-22)30-18-11-7-16(8-12-18)15-29-23(34)17-9-13-19(14-10-17)35-25(26,27)28/h3-6,9-10,13-14,16,18H,7-8,11-12,15H2,1-2H3,(H,29,34)(H,30,31,32)/t16-,18+. The molecule has 0 aliphatic heterocycles. The molecule has 0 radical (unpaired) electrons. The largest absolute Gasteiger partial charge is 0.573 e. The number of anilines is 2. The van der Waals surface area contributed by atoms with Crippen LogP contribution in [0.1, 0.15) is 36.0 Å². The number of alkyl halides is 3. The molecule has 0 unspecified atom stereocenters. The van der Waals surface area contributed by atoms with Crippen LogP contribution in [0.15, 0.2) is 48.5 Å². The van der Waals surface area contributed by atoms with Gasteiger partial charge >= 0.3 is 6.36 Å². The van der Waals surface area contributed by atoms with Gasteiger partial charge in [0.05, 0.1) is 5.52 Å². The average molecular weight is 488 g/mol. The van der Waals surface area contributed by atoms with Crippen LogP contribution in [0.25, 0.3) is 10.9 Å². The third-order valence-corrected chi connectivity index (χ3v) is 6.09. The number of nitrogens with one attached hydrogen (secondary N) is 2. The molecule has 2 N–H and O–H groups in total. The molecular formula is C25H28F3N5O2. The number of benzene rings is 2. The highest BCUT2D eigenvalue weighted by molar-refractivity contribution is 5.94. The Bertz CT molecular complexity index is 1160. The van der Waals surface area contributed by atoms with Gasteiger partial charge in [-0.2, -0.15) is 4.98 Å². The van der Waals surface area contributed by atoms with Crippen molar-refractivity contribution in [3.63, 3.8) is 0 Å². The molecule has 1 amide bonds. The van der Waals surface area contributed by atoms with Crippen LogP contribution in [-0.2, 0) is 0 Å². The Balaban J connectivity index is 1.27. The molecule has 3 aromatic rings. The fourth-order valence-corrected chi connectivity index (χ4v) is 4.31. The molecule has 1 saturated carbocycles. The van der Waals surface area contributed by atoms with E-state index in [0.29, 0.717) is 24.0 Å². The second-order valence-corrected chi connectivity index (χ2v) is 8.93. The highest BCUT2D eigenvalue weighted by atomic mass is 19.4. The molecule has 35 heavy (non-hydrogen) atoms. The third kappa shape index (κ3) is 6.52. The minimum absolute atomic E-state index is 0.249. The summed E-state index contributed by atoms with van der Waals surface area (Å²) in [4.78, 5) is 23.7. The van der Waals surface area contributed by atoms with E-state index in [0.717, 1.165) is 54.5 Å². The Morgan fingerprint density at radius 2 is 1.71 bits per heavy atom. The number of nitrogens with zero attached hydrogens (tertiary/aromatic N) is 3. The van der Waals surface area contributed by atoms with Crippen molar-refractivity contribution < 1.29 is 22.7 Å². The van der Waals surface area contributed by atoms with Gasteiger partial charge in [0.1, 0.15) is 11.6 Å². The van der Waals surface area contributed by atoms with Gasteiger partial charge in [-0.25, -0.2) is 4.98 Å². The smallest absolute Gasteiger partial charge is 0.406 e. The first-order valence-electron chi connectivity index (χ1n) is 11.5. The number of carbonyl (C=O) groups excluding carboxylic acids is 1. The second-order valence-electron chi connectivity index (χ2n) is 8.93. The van der Waals surface area contributed by atoms with E-state index in [9.17, 15) is 18.0 Å². The summed E-state index contributed by atoms with van der Waals surface area (Å²) in [6.07, 6.45) is -1.03. The molecule has 7 nitrogen and oxygen atoms in total. The van der Waals surface area contributed by atoms with Crippen molar-refractivity contribution in [3.8, 4) is 5.75 Å². The summed E-state index contributed by atoms with van der Waals surface area (Å²) in [6.45, 7) is 0.517. The fourth-order valence-electron chi connectivity index (χ4n) is 4.31. The van der Waals surface area contributed by atoms with Crippen LogP contribution in [0.5, 0.6) is 5.75 Å². The number of aromatic nitrogens is 2. The lowest BCUT2D eigenvalue weighted by Gasteiger charge is -2.29. The molecule has 0 bridgehead atoms. The maximum atomic E-state index is 12.4. The van der Waals surface area contributed by atoms with Gasteiger partial charge in [0.15, 0.2) is 0 Å². The normalized spacial score (nSPS) is 18.2. The van der Waals surface area contributed by atoms with E-state index in [1.54, 1.807) is 0 Å². The number of ether oxygens (including phenoxy) is 1. The minimum atomic E-state index is -4.76. The van der Waals surface area contributed by atoms with E-state index in [4.69, 9.17) is 4.98 Å². The Hall–Kier alpha value is -3.56. The number of carbonyl (C=O) groups is 1. The van der Waals surface area contributed by atoms with E-state index in [2.05, 4.69) is 20.4 Å². The Morgan fingerprint density at radius 1 is 1.03 bits per heavy atom. The van der Waals surface area contributed by atoms with Gasteiger partial charge in [-0.15, -0.1) is 13.2 Å². The number of fused-ring (bicyclic) bond motifs is 1. The zero-order valence-electron chi connectivity index (χ0n) is 19.6. The number of hydrogen-bond donors (Lipinski definition) is 2. The predicted octanol–water partition coefficient (Wildman–Crippen LogP) is 5.00. The number of rotatable bonds is 7. The zero-order valence-corrected chi connectivity index (χ0v) is 19.6. The van der Waals surface area contributed by atoms with Crippen molar-refractivity contribution >= 4 is 28.6 Å². The van der Waals surface area contributed by atoms with E-state index in [-0.39, 0.29) is 17.7 Å². The molecule has 4 rings (SSSR count). The number of hydrogen-bond acceptors (Lipinski definition) is 6. The summed E-state index contributed by atoms with van der Waals surface area (Å²) in [5, 5.41) is 7.37. The van der Waals surface area contributed by atoms with Crippen LogP contribution in [-0.4, -0.2) is 48.9 Å². The summed E-state index contributed by atoms with van der Waals surface area (Å²) in [5.74, 6) is 1.15. The highest BCUT2D eigenvalue weighted by Gasteiger charge is 2.31. The first-order valence-corrected chi connectivity index (χ1v) is 11.5. The first-order chi connectivity index (χ1) is 16.7. The van der Waals surface area contributed by atoms with Gasteiger partial charge in [-0.3, -0.25) is 4.79 Å². The zero-order chi connectivity index (χ0) is 25.0. The minimum Gasteiger partial charge on any atom is -0.406 e. The van der Waals surface area contributed by atoms with Crippen molar-refractivity contribution in [2.45, 2.75) is 38.1 Å². The van der Waals surface area contributed by atoms with Crippen LogP contribution < -0.4 is 20.3 Å². The summed E-state index contributed by atoms with van der Waals surface area (Å²) >= 11 is 0. The molecule has 1 aliphatic rings. The molecule has 186 valence electrons. The summed E-state index contributed by atoms with van der Waals surface area (Å²) in [6, 6.07) is 13.1. The van der Waals surface area contributed by atoms with Crippen LogP contribution >= 0.6 is 0 Å². The number of halogens is 3. The van der Waals surface area contributed by atoms with Crippen molar-refractivity contribution in [2.24, 2.45) is 5.92 Å². The summed E-state index contributed by atoms with van der Waals surface area (Å²) in [5.41, 5.74) is 1.18. The van der Waals surface area contributed by atoms with Crippen molar-refractivity contribution in [2.75, 3.05) is 30.9 Å². The van der Waals surface area contributed by atoms with Crippen LogP contribution in [0.3, 0.4) is 0 Å². The predicted molar refractivity (Wildman–Crippen MR) is 129 cm³/mol. The Morgan fingerprint density at radius 3 is 2.37 bits per heavy atom. The van der Waals surface area contributed by atoms with Gasteiger partial charge < -0.3 is 20.3 Å². The molecule has 2 aromatic carbocycles. The van der Waals surface area contributed by atoms with Crippen LogP contribution in [0.2, 0.25) is 0 Å². The number of amides is 1. The van der Waals surface area contributed by atoms with Gasteiger partial charge in [-0.1, -0.05) is 12.1 Å². The molecule has 1 aliphatic carbocycles. The first kappa shape index (κ1) is 24.6. The maximum Gasteiger partial charge on any atom is 0.573 e. The van der Waals surface area contributed by atoms with E-state index in [1.165, 1.54) is 12.1 Å². The average Bonchev–Trinajstić information content (AvgIpc) is 2.82. The topological polar surface area (TPSA) is 79.4 Å². The monoisotopic (exact) mass is 487 g/mol. The van der Waals surface area contributed by atoms with Gasteiger partial charge in [0.2, 0.25) is 5.95 Å². The third-order valence-electron chi connectivity index (χ3n) is 6.09. The Labute approximate surface area is 201 Å². The Kier molecular flexibility index (Phi) is 7.28. The number of para-hydroxylation sites is 1. The fraction of sp³-hybridized carbons (Fsp3) is 0.400. The lowest BCUT2D eigenvalue weighted by Crippen LogP contribution is -2.34. The van der Waals surface area contributed by atoms with Crippen molar-refractivity contribution in [1.29, 1.82) is 0 Å². The van der Waals surface area contributed by atoms with Gasteiger partial charge in [-0.05, 0) is 68.0 Å². The van der Waals surface area contributed by atoms with E-state index in [1.807, 2.05) is 43.3 Å². The van der Waals surface area contributed by atoms with Crippen LogP contribution in [0.4, 0.5) is 24.9 Å². The quantitative estimate of drug-likeness (QED) is 0.489. The molecule has 1 fully saturated rings. The summed E-state index contributed by atoms with van der Waals surface area (Å²) in [7, 11) is 3.92. The molecule has 0 atom stereocenters. The molecule has 10 heteroatoms. The second kappa shape index (κ2) is 10.4. The molecule has 1 aromatic heterocycles. The lowest BCUT2D eigenvalue weighted by atomic mass is 9.86. The SMILES string of the molecule is CN(C)c1nc(N[C@H]2CC[C@@H](CNC(=O)c3ccc(OC(F)(F)F)cc3)CC2)nc2ccccc12. The van der Waals surface area contributed by atoms with Gasteiger partial charge in [0, 0.05) is 37.6 Å². The maximum absolute atomic E-state index is 12.4. The molecule has 0 saturated heterocycles. The molecule has 1 heterocycles. The summed E-state index contributed by atoms with van der Waals surface area (Å²) < 4.78 is 40.7. The molecular weight excluding hydrogens is 459 g/mol. The van der Waals surface area contributed by atoms with Crippen molar-refractivity contribution in [1.82, 2.24) is 15.3 Å². The lowest BCUT2D eigenvalue weighted by molar-refractivity contribution is -0.274.